The van der Waals surface area contributed by atoms with Crippen molar-refractivity contribution in [3.8, 4) is 5.75 Å². The second-order valence-corrected chi connectivity index (χ2v) is 22.9. The van der Waals surface area contributed by atoms with Gasteiger partial charge in [-0.3, -0.25) is 48.2 Å². The topological polar surface area (TPSA) is 248 Å². The van der Waals surface area contributed by atoms with Crippen molar-refractivity contribution in [2.24, 2.45) is 16.7 Å². The molecular formula is C50H57Cl2N7O11PSY-. The number of carbonyl (C=O) groups is 7. The van der Waals surface area contributed by atoms with Gasteiger partial charge in [0.05, 0.1) is 27.7 Å². The molecule has 2 bridgehead atoms. The second kappa shape index (κ2) is 21.2. The number of hydrogen-bond donors (Lipinski definition) is 6. The van der Waals surface area contributed by atoms with Crippen LogP contribution >= 0.6 is 31.0 Å². The SMILES string of the molecule is Cc1c[nH]c2c(OP(=O)(O)O)cc3c(c12)[C@H](CCl)CN3C(=O)C12CC(C(=O)N3C[C@@H](CCl)c4c3cc(NC(=O)[C@H](C)NC(=O)[C@@H](NC(=O)CCCCCN3C(=O)CC([S-])C3=O)C(C)C)c3ccccc43)(C1)C2.[Y]. The fraction of sp³-hybridized carbons (Fsp3) is 0.500. The van der Waals surface area contributed by atoms with Crippen LogP contribution in [0.1, 0.15) is 101 Å². The molecule has 0 spiro atoms. The number of unbranched alkanes of at least 4 members (excludes halogenated alkanes) is 2. The first-order valence-electron chi connectivity index (χ1n) is 24.2. The van der Waals surface area contributed by atoms with Crippen LogP contribution in [0.15, 0.2) is 42.6 Å². The first-order chi connectivity index (χ1) is 34.1. The molecule has 4 fully saturated rings. The number of amides is 7. The van der Waals surface area contributed by atoms with Crippen molar-refractivity contribution < 1.29 is 85.1 Å². The number of fused-ring (bicyclic) bond motifs is 6. The Bertz CT molecular complexity index is 2990. The molecule has 7 amide bonds. The monoisotopic (exact) mass is 1150 g/mol. The third kappa shape index (κ3) is 10.1. The zero-order valence-corrected chi connectivity index (χ0v) is 46.9. The van der Waals surface area contributed by atoms with E-state index in [1.165, 1.54) is 11.0 Å². The van der Waals surface area contributed by atoms with E-state index in [0.717, 1.165) is 22.1 Å². The molecule has 6 N–H and O–H groups in total. The number of aryl methyl sites for hydroxylation is 1. The number of halogens is 2. The van der Waals surface area contributed by atoms with E-state index < -0.39 is 47.8 Å². The first kappa shape index (κ1) is 55.2. The zero-order valence-electron chi connectivity index (χ0n) is 40.8. The van der Waals surface area contributed by atoms with Crippen molar-refractivity contribution in [1.82, 2.24) is 20.5 Å². The zero-order chi connectivity index (χ0) is 51.8. The summed E-state index contributed by atoms with van der Waals surface area (Å²) in [6, 6.07) is 8.76. The molecule has 18 nitrogen and oxygen atoms in total. The number of H-pyrrole nitrogens is 1. The predicted octanol–water partition coefficient (Wildman–Crippen LogP) is 6.13. The number of benzene rings is 3. The molecule has 3 aromatic carbocycles. The number of nitrogens with zero attached hydrogens (tertiary/aromatic N) is 3. The van der Waals surface area contributed by atoms with Crippen molar-refractivity contribution in [2.75, 3.05) is 46.5 Å². The number of nitrogens with one attached hydrogen (secondary N) is 4. The van der Waals surface area contributed by atoms with Crippen molar-refractivity contribution >= 4 is 124 Å². The Hall–Kier alpha value is -4.07. The summed E-state index contributed by atoms with van der Waals surface area (Å²) in [6.07, 6.45) is 4.35. The number of carbonyl (C=O) groups excluding carboxylic acids is 7. The summed E-state index contributed by atoms with van der Waals surface area (Å²) in [5.74, 6) is -2.88. The minimum absolute atomic E-state index is 0. The summed E-state index contributed by atoms with van der Waals surface area (Å²) in [7, 11) is -4.97. The van der Waals surface area contributed by atoms with E-state index in [1.807, 2.05) is 31.2 Å². The van der Waals surface area contributed by atoms with Crippen LogP contribution in [0.2, 0.25) is 0 Å². The van der Waals surface area contributed by atoms with Crippen LogP contribution in [0.5, 0.6) is 5.75 Å². The predicted molar refractivity (Wildman–Crippen MR) is 274 cm³/mol. The molecule has 4 aromatic rings. The van der Waals surface area contributed by atoms with Gasteiger partial charge in [0.2, 0.25) is 41.4 Å². The van der Waals surface area contributed by atoms with Gasteiger partial charge in [-0.2, -0.15) is 0 Å². The molecule has 3 aliphatic carbocycles. The number of likely N-dealkylation sites (tertiary alicyclic amines) is 1. The van der Waals surface area contributed by atoms with Gasteiger partial charge in [-0.05, 0) is 80.0 Å². The van der Waals surface area contributed by atoms with Gasteiger partial charge in [-0.15, -0.1) is 23.2 Å². The number of hydrogen-bond acceptors (Lipinski definition) is 10. The van der Waals surface area contributed by atoms with E-state index in [1.54, 1.807) is 42.8 Å². The Morgan fingerprint density at radius 2 is 1.48 bits per heavy atom. The minimum Gasteiger partial charge on any atom is -0.779 e. The van der Waals surface area contributed by atoms with Crippen LogP contribution in [0.25, 0.3) is 21.7 Å². The fourth-order valence-electron chi connectivity index (χ4n) is 11.7. The summed E-state index contributed by atoms with van der Waals surface area (Å²) < 4.78 is 17.1. The van der Waals surface area contributed by atoms with E-state index in [9.17, 15) is 47.9 Å². The average Bonchev–Trinajstić information content (AvgIpc) is 4.05. The molecule has 1 radical (unpaired) electrons. The maximum Gasteiger partial charge on any atom is 0.524 e. The number of alkyl halides is 2. The smallest absolute Gasteiger partial charge is 0.524 e. The molecular weight excluding hydrogens is 1100 g/mol. The third-order valence-corrected chi connectivity index (χ3v) is 16.7. The van der Waals surface area contributed by atoms with Gasteiger partial charge in [0.15, 0.2) is 5.75 Å². The summed E-state index contributed by atoms with van der Waals surface area (Å²) >= 11 is 18.1. The second-order valence-electron chi connectivity index (χ2n) is 20.5. The summed E-state index contributed by atoms with van der Waals surface area (Å²) in [4.78, 5) is 121. The van der Waals surface area contributed by atoms with E-state index in [0.29, 0.717) is 71.9 Å². The van der Waals surface area contributed by atoms with Crippen molar-refractivity contribution in [1.29, 1.82) is 0 Å². The standard InChI is InChI=1S/C50H58Cl2N7O11PS.Y/c1-25(2)42(56-37(60)12-6-5-9-13-57-38(61)16-36(72)46(57)64)45(63)54-27(4)44(62)55-32-14-33-40(31-11-8-7-10-30(31)32)28(17-51)20-58(33)47(65)49-22-50(23-49,24-49)48(66)59-21-29(18-52)41-34(59)15-35(70-71(67,68)69)43-39(41)26(3)19-53-43;/h7-8,10-11,14-15,19,25,27-29,36,42,53,72H,5-6,9,12-13,16-18,20-24H2,1-4H3,(H,54,63)(H,55,62)(H,56,60)(H2,67,68,69);/p-1/t27-,28+,29+,36?,42-,49?,50?;/m0./s1. The number of imide groups is 1. The van der Waals surface area contributed by atoms with Gasteiger partial charge in [-0.1, -0.05) is 49.8 Å². The molecule has 387 valence electrons. The quantitative estimate of drug-likeness (QED) is 0.0217. The normalized spacial score (nSPS) is 23.6. The van der Waals surface area contributed by atoms with Crippen molar-refractivity contribution in [3.63, 3.8) is 0 Å². The van der Waals surface area contributed by atoms with Gasteiger partial charge in [-0.25, -0.2) is 4.57 Å². The van der Waals surface area contributed by atoms with Crippen LogP contribution in [0, 0.1) is 23.7 Å². The van der Waals surface area contributed by atoms with Crippen LogP contribution in [-0.2, 0) is 83.5 Å². The van der Waals surface area contributed by atoms with Crippen LogP contribution in [0.3, 0.4) is 0 Å². The van der Waals surface area contributed by atoms with E-state index in [2.05, 4.69) is 20.9 Å². The third-order valence-electron chi connectivity index (χ3n) is 15.2. The molecule has 1 unspecified atom stereocenters. The van der Waals surface area contributed by atoms with Crippen molar-refractivity contribution in [3.05, 3.63) is 59.3 Å². The Balaban J connectivity index is 0.00000711. The van der Waals surface area contributed by atoms with Crippen LogP contribution in [-0.4, -0.2) is 110 Å². The van der Waals surface area contributed by atoms with Crippen LogP contribution in [0.4, 0.5) is 17.1 Å². The van der Waals surface area contributed by atoms with Gasteiger partial charge in [0.1, 0.15) is 12.1 Å². The Morgan fingerprint density at radius 3 is 2.05 bits per heavy atom. The molecule has 5 atom stereocenters. The van der Waals surface area contributed by atoms with Crippen LogP contribution < -0.4 is 30.3 Å². The Labute approximate surface area is 462 Å². The number of aromatic nitrogens is 1. The molecule has 1 aromatic heterocycles. The molecule has 10 rings (SSSR count). The Kier molecular flexibility index (Phi) is 16.0. The summed E-state index contributed by atoms with van der Waals surface area (Å²) in [5, 5.41) is 10.0. The van der Waals surface area contributed by atoms with E-state index in [-0.39, 0.29) is 130 Å². The molecule has 3 aliphatic heterocycles. The first-order valence-corrected chi connectivity index (χ1v) is 27.3. The summed E-state index contributed by atoms with van der Waals surface area (Å²) in [6.45, 7) is 7.75. The fourth-order valence-corrected chi connectivity index (χ4v) is 12.9. The van der Waals surface area contributed by atoms with Gasteiger partial charge in [0.25, 0.3) is 0 Å². The number of anilines is 3. The average molecular weight is 1150 g/mol. The maximum absolute atomic E-state index is 14.8. The molecule has 73 heavy (non-hydrogen) atoms. The largest absolute Gasteiger partial charge is 0.779 e. The number of phosphoric ester groups is 1. The van der Waals surface area contributed by atoms with Gasteiger partial charge >= 0.3 is 7.82 Å². The number of aromatic amines is 1. The molecule has 3 saturated carbocycles. The maximum atomic E-state index is 14.8. The minimum atomic E-state index is -4.97. The molecule has 6 aliphatic rings. The van der Waals surface area contributed by atoms with Gasteiger partial charge < -0.3 is 47.9 Å². The summed E-state index contributed by atoms with van der Waals surface area (Å²) in [5.41, 5.74) is 2.68. The van der Waals surface area contributed by atoms with E-state index in [4.69, 9.17) is 40.4 Å². The molecule has 1 saturated heterocycles. The molecule has 4 heterocycles. The molecule has 23 heteroatoms. The number of rotatable bonds is 18. The van der Waals surface area contributed by atoms with Gasteiger partial charge in [0, 0.05) is 118 Å². The Morgan fingerprint density at radius 1 is 0.877 bits per heavy atom. The number of phosphoric acid groups is 1. The van der Waals surface area contributed by atoms with Crippen molar-refractivity contribution in [2.45, 2.75) is 108 Å². The van der Waals surface area contributed by atoms with E-state index >= 15 is 0 Å².